The highest BCUT2D eigenvalue weighted by molar-refractivity contribution is 9.10. The first-order valence-electron chi connectivity index (χ1n) is 7.94. The monoisotopic (exact) mass is 387 g/mol. The molecule has 1 aliphatic rings. The first kappa shape index (κ1) is 15.3. The number of nitrogens with one attached hydrogen (secondary N) is 2. The van der Waals surface area contributed by atoms with Gasteiger partial charge < -0.3 is 15.5 Å². The number of aromatic nitrogens is 4. The number of pyridine rings is 1. The van der Waals surface area contributed by atoms with E-state index in [0.29, 0.717) is 6.54 Å². The van der Waals surface area contributed by atoms with Crippen LogP contribution in [0.15, 0.2) is 41.3 Å². The fraction of sp³-hybridized carbons (Fsp3) is 0.312. The highest BCUT2D eigenvalue weighted by Crippen LogP contribution is 2.25. The second-order valence-electron chi connectivity index (χ2n) is 5.68. The van der Waals surface area contributed by atoms with Gasteiger partial charge in [0.25, 0.3) is 0 Å². The van der Waals surface area contributed by atoms with E-state index >= 15 is 0 Å². The average Bonchev–Trinajstić information content (AvgIpc) is 3.02. The van der Waals surface area contributed by atoms with Crippen LogP contribution in [0.3, 0.4) is 0 Å². The molecular weight excluding hydrogens is 370 g/mol. The molecule has 24 heavy (non-hydrogen) atoms. The lowest BCUT2D eigenvalue weighted by Crippen LogP contribution is -2.44. The zero-order valence-corrected chi connectivity index (χ0v) is 14.7. The van der Waals surface area contributed by atoms with E-state index in [1.54, 1.807) is 12.4 Å². The first-order valence-corrected chi connectivity index (χ1v) is 8.73. The van der Waals surface area contributed by atoms with Crippen LogP contribution in [-0.2, 0) is 6.54 Å². The van der Waals surface area contributed by atoms with Gasteiger partial charge in [-0.2, -0.15) is 9.61 Å². The molecule has 0 bridgehead atoms. The van der Waals surface area contributed by atoms with Crippen LogP contribution in [0.1, 0.15) is 5.56 Å². The van der Waals surface area contributed by atoms with Crippen molar-refractivity contribution in [2.24, 2.45) is 0 Å². The molecule has 2 N–H and O–H groups in total. The van der Waals surface area contributed by atoms with E-state index in [9.17, 15) is 0 Å². The molecule has 0 aromatic carbocycles. The van der Waals surface area contributed by atoms with Crippen LogP contribution in [0.25, 0.3) is 5.65 Å². The summed E-state index contributed by atoms with van der Waals surface area (Å²) >= 11 is 3.54. The Hall–Kier alpha value is -2.19. The van der Waals surface area contributed by atoms with E-state index in [1.807, 2.05) is 16.8 Å². The molecule has 3 aromatic rings. The van der Waals surface area contributed by atoms with Gasteiger partial charge >= 0.3 is 0 Å². The van der Waals surface area contributed by atoms with Crippen LogP contribution in [0, 0.1) is 0 Å². The third-order valence-corrected chi connectivity index (χ3v) is 4.61. The van der Waals surface area contributed by atoms with Crippen LogP contribution < -0.4 is 15.5 Å². The summed E-state index contributed by atoms with van der Waals surface area (Å²) in [5.41, 5.74) is 1.94. The van der Waals surface area contributed by atoms with Crippen molar-refractivity contribution in [3.8, 4) is 0 Å². The van der Waals surface area contributed by atoms with E-state index in [-0.39, 0.29) is 0 Å². The molecule has 8 heteroatoms. The lowest BCUT2D eigenvalue weighted by atomic mass is 10.3. The van der Waals surface area contributed by atoms with Crippen molar-refractivity contribution < 1.29 is 0 Å². The minimum absolute atomic E-state index is 0.686. The van der Waals surface area contributed by atoms with Crippen LogP contribution in [0.4, 0.5) is 11.6 Å². The zero-order chi connectivity index (χ0) is 16.4. The Morgan fingerprint density at radius 2 is 2.12 bits per heavy atom. The van der Waals surface area contributed by atoms with Gasteiger partial charge in [-0.1, -0.05) is 6.07 Å². The average molecular weight is 388 g/mol. The largest absolute Gasteiger partial charge is 0.366 e. The van der Waals surface area contributed by atoms with Gasteiger partial charge in [-0.15, -0.1) is 0 Å². The standard InChI is InChI=1S/C16H18BrN7/c17-13-11-21-24-14(20-10-12-2-1-3-19-9-12)8-15(22-16(13)24)23-6-4-18-5-7-23/h1-3,8-9,11,18,20H,4-7,10H2. The molecule has 7 nitrogen and oxygen atoms in total. The number of rotatable bonds is 4. The smallest absolute Gasteiger partial charge is 0.173 e. The maximum Gasteiger partial charge on any atom is 0.173 e. The summed E-state index contributed by atoms with van der Waals surface area (Å²) in [7, 11) is 0. The number of halogens is 1. The lowest BCUT2D eigenvalue weighted by Gasteiger charge is -2.28. The first-order chi connectivity index (χ1) is 11.8. The van der Waals surface area contributed by atoms with E-state index < -0.39 is 0 Å². The SMILES string of the molecule is Brc1cnn2c(NCc3cccnc3)cc(N3CCNCC3)nc12. The van der Waals surface area contributed by atoms with E-state index in [4.69, 9.17) is 4.98 Å². The normalized spacial score (nSPS) is 15.0. The molecule has 0 unspecified atom stereocenters. The van der Waals surface area contributed by atoms with Gasteiger partial charge in [-0.3, -0.25) is 4.98 Å². The molecular formula is C16H18BrN7. The van der Waals surface area contributed by atoms with Gasteiger partial charge in [0.1, 0.15) is 11.6 Å². The summed E-state index contributed by atoms with van der Waals surface area (Å²) in [6.45, 7) is 4.55. The Kier molecular flexibility index (Phi) is 4.31. The summed E-state index contributed by atoms with van der Waals surface area (Å²) in [6.07, 6.45) is 5.42. The van der Waals surface area contributed by atoms with E-state index in [2.05, 4.69) is 53.7 Å². The molecule has 0 aliphatic carbocycles. The summed E-state index contributed by atoms with van der Waals surface area (Å²) < 4.78 is 2.72. The van der Waals surface area contributed by atoms with Gasteiger partial charge in [-0.05, 0) is 27.6 Å². The van der Waals surface area contributed by atoms with Gasteiger partial charge in [0.2, 0.25) is 0 Å². The summed E-state index contributed by atoms with van der Waals surface area (Å²) in [5.74, 6) is 1.89. The van der Waals surface area contributed by atoms with Crippen LogP contribution in [0.2, 0.25) is 0 Å². The maximum atomic E-state index is 4.77. The molecule has 1 fully saturated rings. The molecule has 0 spiro atoms. The number of nitrogens with zero attached hydrogens (tertiary/aromatic N) is 5. The van der Waals surface area contributed by atoms with Crippen LogP contribution in [-0.4, -0.2) is 45.8 Å². The molecule has 1 aliphatic heterocycles. The third kappa shape index (κ3) is 3.07. The summed E-state index contributed by atoms with van der Waals surface area (Å²) in [5, 5.41) is 11.2. The molecule has 1 saturated heterocycles. The minimum atomic E-state index is 0.686. The molecule has 0 radical (unpaired) electrons. The molecule has 124 valence electrons. The molecule has 0 atom stereocenters. The van der Waals surface area contributed by atoms with Crippen molar-refractivity contribution in [3.05, 3.63) is 46.8 Å². The van der Waals surface area contributed by atoms with Crippen molar-refractivity contribution in [1.29, 1.82) is 0 Å². The predicted octanol–water partition coefficient (Wildman–Crippen LogP) is 1.91. The number of piperazine rings is 1. The Balaban J connectivity index is 1.67. The lowest BCUT2D eigenvalue weighted by molar-refractivity contribution is 0.585. The second kappa shape index (κ2) is 6.74. The summed E-state index contributed by atoms with van der Waals surface area (Å²) in [6, 6.07) is 6.05. The quantitative estimate of drug-likeness (QED) is 0.712. The van der Waals surface area contributed by atoms with Gasteiger partial charge in [0, 0.05) is 51.2 Å². The van der Waals surface area contributed by atoms with Crippen molar-refractivity contribution in [2.75, 3.05) is 36.4 Å². The Labute approximate surface area is 148 Å². The number of fused-ring (bicyclic) bond motifs is 1. The van der Waals surface area contributed by atoms with Crippen LogP contribution in [0.5, 0.6) is 0 Å². The van der Waals surface area contributed by atoms with Crippen molar-refractivity contribution in [1.82, 2.24) is 24.9 Å². The zero-order valence-electron chi connectivity index (χ0n) is 13.1. The van der Waals surface area contributed by atoms with Crippen molar-refractivity contribution in [3.63, 3.8) is 0 Å². The maximum absolute atomic E-state index is 4.77. The molecule has 4 rings (SSSR count). The van der Waals surface area contributed by atoms with E-state index in [1.165, 1.54) is 0 Å². The predicted molar refractivity (Wildman–Crippen MR) is 97.3 cm³/mol. The van der Waals surface area contributed by atoms with Gasteiger partial charge in [-0.25, -0.2) is 4.98 Å². The highest BCUT2D eigenvalue weighted by Gasteiger charge is 2.16. The Morgan fingerprint density at radius 3 is 2.92 bits per heavy atom. The molecule has 0 amide bonds. The Morgan fingerprint density at radius 1 is 1.25 bits per heavy atom. The van der Waals surface area contributed by atoms with E-state index in [0.717, 1.165) is 53.5 Å². The van der Waals surface area contributed by atoms with Crippen LogP contribution >= 0.6 is 15.9 Å². The van der Waals surface area contributed by atoms with Crippen molar-refractivity contribution in [2.45, 2.75) is 6.54 Å². The number of anilines is 2. The molecule has 4 heterocycles. The fourth-order valence-corrected chi connectivity index (χ4v) is 3.15. The van der Waals surface area contributed by atoms with Gasteiger partial charge in [0.15, 0.2) is 5.65 Å². The second-order valence-corrected chi connectivity index (χ2v) is 6.53. The summed E-state index contributed by atoms with van der Waals surface area (Å²) in [4.78, 5) is 11.2. The molecule has 3 aromatic heterocycles. The number of hydrogen-bond acceptors (Lipinski definition) is 6. The topological polar surface area (TPSA) is 70.4 Å². The third-order valence-electron chi connectivity index (χ3n) is 4.05. The van der Waals surface area contributed by atoms with Crippen molar-refractivity contribution >= 4 is 33.2 Å². The minimum Gasteiger partial charge on any atom is -0.366 e. The van der Waals surface area contributed by atoms with Gasteiger partial charge in [0.05, 0.1) is 10.7 Å². The number of hydrogen-bond donors (Lipinski definition) is 2. The fourth-order valence-electron chi connectivity index (χ4n) is 2.80. The highest BCUT2D eigenvalue weighted by atomic mass is 79.9. The molecule has 0 saturated carbocycles. The Bertz CT molecular complexity index is 827.